The Kier molecular flexibility index (Phi) is 3.79. The Labute approximate surface area is 78.7 Å². The average molecular weight is 183 g/mol. The van der Waals surface area contributed by atoms with Crippen LogP contribution in [0.3, 0.4) is 0 Å². The van der Waals surface area contributed by atoms with E-state index >= 15 is 0 Å². The lowest BCUT2D eigenvalue weighted by atomic mass is 10.3. The Morgan fingerprint density at radius 2 is 2.00 bits per heavy atom. The molecular formula is C9H17N3O. The van der Waals surface area contributed by atoms with E-state index in [9.17, 15) is 5.11 Å². The van der Waals surface area contributed by atoms with Gasteiger partial charge in [-0.1, -0.05) is 0 Å². The van der Waals surface area contributed by atoms with Crippen molar-refractivity contribution in [3.8, 4) is 0 Å². The van der Waals surface area contributed by atoms with Crippen LogP contribution in [0.1, 0.15) is 0 Å². The summed E-state index contributed by atoms with van der Waals surface area (Å²) in [5, 5.41) is 9.50. The fourth-order valence-electron chi connectivity index (χ4n) is 1.14. The molecule has 4 nitrogen and oxygen atoms in total. The first kappa shape index (κ1) is 10.1. The van der Waals surface area contributed by atoms with Gasteiger partial charge in [0.1, 0.15) is 0 Å². The minimum absolute atomic E-state index is 0.336. The molecule has 0 fully saturated rings. The van der Waals surface area contributed by atoms with Gasteiger partial charge < -0.3 is 15.4 Å². The molecule has 0 spiro atoms. The standard InChI is InChI=1S/C9H17N3O/c1-11(2)8-9(13)7-10-12-5-3-4-6-12/h3-6,9-10,13H,7-8H2,1-2H3. The maximum Gasteiger partial charge on any atom is 0.0855 e. The summed E-state index contributed by atoms with van der Waals surface area (Å²) >= 11 is 0. The molecule has 0 saturated heterocycles. The molecule has 13 heavy (non-hydrogen) atoms. The monoisotopic (exact) mass is 183 g/mol. The van der Waals surface area contributed by atoms with Gasteiger partial charge in [-0.3, -0.25) is 4.68 Å². The fraction of sp³-hybridized carbons (Fsp3) is 0.556. The van der Waals surface area contributed by atoms with Gasteiger partial charge in [-0.25, -0.2) is 0 Å². The second kappa shape index (κ2) is 4.89. The van der Waals surface area contributed by atoms with Crippen molar-refractivity contribution in [3.05, 3.63) is 24.5 Å². The Morgan fingerprint density at radius 3 is 2.54 bits per heavy atom. The summed E-state index contributed by atoms with van der Waals surface area (Å²) < 4.78 is 1.83. The number of hydrogen-bond acceptors (Lipinski definition) is 3. The Hall–Kier alpha value is -1.00. The zero-order valence-corrected chi connectivity index (χ0v) is 8.14. The highest BCUT2D eigenvalue weighted by atomic mass is 16.3. The fourth-order valence-corrected chi connectivity index (χ4v) is 1.14. The molecule has 0 amide bonds. The first-order chi connectivity index (χ1) is 6.18. The SMILES string of the molecule is CN(C)CC(O)CNn1cccc1. The van der Waals surface area contributed by atoms with Crippen LogP contribution in [0.5, 0.6) is 0 Å². The molecule has 0 bridgehead atoms. The van der Waals surface area contributed by atoms with Gasteiger partial charge in [0.05, 0.1) is 12.6 Å². The third kappa shape index (κ3) is 3.96. The van der Waals surface area contributed by atoms with Gasteiger partial charge in [0, 0.05) is 18.9 Å². The number of nitrogens with one attached hydrogen (secondary N) is 1. The van der Waals surface area contributed by atoms with Gasteiger partial charge in [-0.15, -0.1) is 0 Å². The van der Waals surface area contributed by atoms with Crippen LogP contribution in [-0.2, 0) is 0 Å². The van der Waals surface area contributed by atoms with Gasteiger partial charge >= 0.3 is 0 Å². The lowest BCUT2D eigenvalue weighted by molar-refractivity contribution is 0.145. The number of aliphatic hydroxyl groups excluding tert-OH is 1. The van der Waals surface area contributed by atoms with E-state index in [0.717, 1.165) is 0 Å². The Balaban J connectivity index is 2.19. The van der Waals surface area contributed by atoms with Crippen LogP contribution < -0.4 is 5.43 Å². The van der Waals surface area contributed by atoms with Crippen LogP contribution in [0.25, 0.3) is 0 Å². The summed E-state index contributed by atoms with van der Waals surface area (Å²) in [6.45, 7) is 1.24. The number of hydrogen-bond donors (Lipinski definition) is 2. The van der Waals surface area contributed by atoms with Crippen molar-refractivity contribution < 1.29 is 5.11 Å². The summed E-state index contributed by atoms with van der Waals surface area (Å²) in [7, 11) is 3.89. The maximum atomic E-state index is 9.50. The molecule has 0 aliphatic heterocycles. The van der Waals surface area contributed by atoms with Gasteiger partial charge in [-0.05, 0) is 26.2 Å². The number of aliphatic hydroxyl groups is 1. The molecule has 1 rings (SSSR count). The summed E-state index contributed by atoms with van der Waals surface area (Å²) in [6, 6.07) is 3.87. The van der Waals surface area contributed by atoms with E-state index in [2.05, 4.69) is 5.43 Å². The normalized spacial score (nSPS) is 13.2. The Bertz CT molecular complexity index is 221. The van der Waals surface area contributed by atoms with E-state index in [1.807, 2.05) is 48.2 Å². The summed E-state index contributed by atoms with van der Waals surface area (Å²) in [5.41, 5.74) is 3.07. The van der Waals surface area contributed by atoms with Crippen LogP contribution in [-0.4, -0.2) is 48.0 Å². The molecule has 1 heterocycles. The van der Waals surface area contributed by atoms with E-state index in [1.165, 1.54) is 0 Å². The van der Waals surface area contributed by atoms with Crippen LogP contribution in [0.15, 0.2) is 24.5 Å². The quantitative estimate of drug-likeness (QED) is 0.672. The predicted octanol–water partition coefficient (Wildman–Crippen LogP) is -0.0459. The third-order valence-electron chi connectivity index (χ3n) is 1.69. The van der Waals surface area contributed by atoms with E-state index in [0.29, 0.717) is 13.1 Å². The van der Waals surface area contributed by atoms with Gasteiger partial charge in [0.25, 0.3) is 0 Å². The average Bonchev–Trinajstić information content (AvgIpc) is 2.51. The first-order valence-corrected chi connectivity index (χ1v) is 4.38. The van der Waals surface area contributed by atoms with Crippen molar-refractivity contribution in [1.29, 1.82) is 0 Å². The number of rotatable bonds is 5. The minimum atomic E-state index is -0.336. The summed E-state index contributed by atoms with van der Waals surface area (Å²) in [4.78, 5) is 1.96. The van der Waals surface area contributed by atoms with Crippen molar-refractivity contribution in [2.75, 3.05) is 32.6 Å². The third-order valence-corrected chi connectivity index (χ3v) is 1.69. The van der Waals surface area contributed by atoms with E-state index < -0.39 is 0 Å². The van der Waals surface area contributed by atoms with Crippen molar-refractivity contribution in [1.82, 2.24) is 9.58 Å². The van der Waals surface area contributed by atoms with Crippen LogP contribution in [0.4, 0.5) is 0 Å². The highest BCUT2D eigenvalue weighted by Crippen LogP contribution is 1.88. The highest BCUT2D eigenvalue weighted by molar-refractivity contribution is 4.93. The van der Waals surface area contributed by atoms with Crippen LogP contribution >= 0.6 is 0 Å². The van der Waals surface area contributed by atoms with Crippen molar-refractivity contribution >= 4 is 0 Å². The predicted molar refractivity (Wildman–Crippen MR) is 53.2 cm³/mol. The molecule has 0 aromatic carbocycles. The second-order valence-corrected chi connectivity index (χ2v) is 3.37. The van der Waals surface area contributed by atoms with Gasteiger partial charge in [0.15, 0.2) is 0 Å². The van der Waals surface area contributed by atoms with Crippen molar-refractivity contribution in [2.45, 2.75) is 6.10 Å². The molecule has 0 aliphatic rings. The van der Waals surface area contributed by atoms with Gasteiger partial charge in [-0.2, -0.15) is 0 Å². The highest BCUT2D eigenvalue weighted by Gasteiger charge is 2.03. The lowest BCUT2D eigenvalue weighted by Gasteiger charge is -2.17. The molecule has 4 heteroatoms. The molecule has 2 N–H and O–H groups in total. The number of aromatic nitrogens is 1. The number of likely N-dealkylation sites (N-methyl/N-ethyl adjacent to an activating group) is 1. The molecule has 0 aliphatic carbocycles. The molecule has 0 saturated carbocycles. The zero-order chi connectivity index (χ0) is 9.68. The van der Waals surface area contributed by atoms with E-state index in [1.54, 1.807) is 0 Å². The summed E-state index contributed by atoms with van der Waals surface area (Å²) in [6.07, 6.45) is 3.47. The topological polar surface area (TPSA) is 40.4 Å². The molecule has 1 aromatic rings. The maximum absolute atomic E-state index is 9.50. The smallest absolute Gasteiger partial charge is 0.0855 e. The molecular weight excluding hydrogens is 166 g/mol. The second-order valence-electron chi connectivity index (χ2n) is 3.37. The Morgan fingerprint density at radius 1 is 1.38 bits per heavy atom. The van der Waals surface area contributed by atoms with Crippen molar-refractivity contribution in [3.63, 3.8) is 0 Å². The van der Waals surface area contributed by atoms with E-state index in [4.69, 9.17) is 0 Å². The van der Waals surface area contributed by atoms with Gasteiger partial charge in [0.2, 0.25) is 0 Å². The van der Waals surface area contributed by atoms with Crippen molar-refractivity contribution in [2.24, 2.45) is 0 Å². The largest absolute Gasteiger partial charge is 0.390 e. The zero-order valence-electron chi connectivity index (χ0n) is 8.14. The van der Waals surface area contributed by atoms with Crippen LogP contribution in [0, 0.1) is 0 Å². The molecule has 0 radical (unpaired) electrons. The lowest BCUT2D eigenvalue weighted by Crippen LogP contribution is -2.33. The first-order valence-electron chi connectivity index (χ1n) is 4.38. The van der Waals surface area contributed by atoms with E-state index in [-0.39, 0.29) is 6.10 Å². The summed E-state index contributed by atoms with van der Waals surface area (Å²) in [5.74, 6) is 0. The van der Waals surface area contributed by atoms with Crippen LogP contribution in [0.2, 0.25) is 0 Å². The molecule has 74 valence electrons. The number of nitrogens with zero attached hydrogens (tertiary/aromatic N) is 2. The minimum Gasteiger partial charge on any atom is -0.390 e. The molecule has 1 unspecified atom stereocenters. The molecule has 1 aromatic heterocycles. The molecule has 1 atom stereocenters.